The fraction of sp³-hybridized carbons (Fsp3) is 0.833. The maximum Gasteiger partial charge on any atom is 0.165 e. The molecule has 1 saturated heterocycles. The molecule has 4 saturated carbocycles. The normalized spacial score (nSPS) is 56.4. The van der Waals surface area contributed by atoms with Crippen LogP contribution in [0.15, 0.2) is 12.2 Å². The first kappa shape index (κ1) is 20.5. The Morgan fingerprint density at radius 1 is 1.19 bits per heavy atom. The molecule has 0 aromatic carbocycles. The molecular formula is C24H33NO6. The van der Waals surface area contributed by atoms with Gasteiger partial charge < -0.3 is 19.3 Å². The summed E-state index contributed by atoms with van der Waals surface area (Å²) in [6.45, 7) is 3.89. The molecule has 0 radical (unpaired) electrons. The van der Waals surface area contributed by atoms with Crippen LogP contribution >= 0.6 is 0 Å². The number of carbonyl (C=O) groups is 2. The molecule has 6 aliphatic rings. The first-order valence-electron chi connectivity index (χ1n) is 11.6. The van der Waals surface area contributed by atoms with Gasteiger partial charge >= 0.3 is 0 Å². The van der Waals surface area contributed by atoms with Gasteiger partial charge in [-0.3, -0.25) is 14.5 Å². The summed E-state index contributed by atoms with van der Waals surface area (Å²) in [6.07, 6.45) is 4.16. The molecule has 7 heteroatoms. The summed E-state index contributed by atoms with van der Waals surface area (Å²) in [4.78, 5) is 29.0. The molecule has 0 amide bonds. The fourth-order valence-electron chi connectivity index (χ4n) is 9.55. The van der Waals surface area contributed by atoms with Crippen molar-refractivity contribution >= 4 is 11.6 Å². The van der Waals surface area contributed by atoms with E-state index in [1.807, 2.05) is 0 Å². The van der Waals surface area contributed by atoms with Crippen LogP contribution in [0.2, 0.25) is 0 Å². The topological polar surface area (TPSA) is 85.3 Å². The van der Waals surface area contributed by atoms with Gasteiger partial charge in [0.15, 0.2) is 11.6 Å². The quantitative estimate of drug-likeness (QED) is 0.686. The van der Waals surface area contributed by atoms with Crippen LogP contribution in [0.3, 0.4) is 0 Å². The predicted octanol–water partition coefficient (Wildman–Crippen LogP) is 0.694. The molecule has 5 bridgehead atoms. The van der Waals surface area contributed by atoms with Gasteiger partial charge in [0.1, 0.15) is 6.10 Å². The smallest absolute Gasteiger partial charge is 0.165 e. The average molecular weight is 432 g/mol. The number of rotatable bonds is 5. The molecule has 170 valence electrons. The molecular weight excluding hydrogens is 398 g/mol. The second kappa shape index (κ2) is 6.26. The molecule has 0 aromatic heterocycles. The van der Waals surface area contributed by atoms with Crippen molar-refractivity contribution in [3.05, 3.63) is 12.2 Å². The van der Waals surface area contributed by atoms with Gasteiger partial charge in [0, 0.05) is 69.4 Å². The molecule has 11 atom stereocenters. The number of fused-ring (bicyclic) bond motifs is 1. The largest absolute Gasteiger partial charge is 0.389 e. The number of ether oxygens (including phenoxy) is 3. The SMILES string of the molecule is CCN1C[C@]2(COC)C(=O)C=C[C@@]34[C@@H]5C[C@@H]6C(=O)[C@@H](OC)C[C@@](O)([C@@H]65)[C@@H]([C@H](OC)[C@H]23)[C@@H]14. The van der Waals surface area contributed by atoms with E-state index in [4.69, 9.17) is 14.2 Å². The van der Waals surface area contributed by atoms with Crippen molar-refractivity contribution in [2.24, 2.45) is 40.4 Å². The highest BCUT2D eigenvalue weighted by atomic mass is 16.5. The number of likely N-dealkylation sites (tertiary alicyclic amines) is 1. The first-order valence-corrected chi connectivity index (χ1v) is 11.6. The van der Waals surface area contributed by atoms with Crippen LogP contribution in [0, 0.1) is 40.4 Å². The molecule has 1 spiro atoms. The number of piperidine rings is 1. The Labute approximate surface area is 183 Å². The number of ketones is 2. The molecule has 7 nitrogen and oxygen atoms in total. The van der Waals surface area contributed by atoms with Gasteiger partial charge in [0.25, 0.3) is 0 Å². The lowest BCUT2D eigenvalue weighted by Crippen LogP contribution is -2.78. The standard InChI is InChI=1S/C24H33NO6/c1-5-25-10-22(11-29-2)15(26)6-7-23-13-8-12-16(13)24(28,9-14(30-3)18(12)27)17(21(23)25)19(31-4)20(22)23/h6-7,12-14,16-17,19-21,28H,5,8-11H2,1-4H3/t12-,13+,14-,16-,17-,19-,20+,21+,22-,23+,24+/m0/s1. The van der Waals surface area contributed by atoms with Crippen LogP contribution in [0.5, 0.6) is 0 Å². The summed E-state index contributed by atoms with van der Waals surface area (Å²) < 4.78 is 17.4. The number of hydrogen-bond acceptors (Lipinski definition) is 7. The van der Waals surface area contributed by atoms with Gasteiger partial charge in [0.05, 0.1) is 23.7 Å². The summed E-state index contributed by atoms with van der Waals surface area (Å²) in [6, 6.07) is 0.0830. The van der Waals surface area contributed by atoms with Gasteiger partial charge in [-0.1, -0.05) is 13.0 Å². The van der Waals surface area contributed by atoms with Crippen LogP contribution in [-0.2, 0) is 23.8 Å². The molecule has 1 heterocycles. The van der Waals surface area contributed by atoms with Crippen molar-refractivity contribution < 1.29 is 28.9 Å². The third kappa shape index (κ3) is 1.97. The van der Waals surface area contributed by atoms with Crippen molar-refractivity contribution in [3.8, 4) is 0 Å². The summed E-state index contributed by atoms with van der Waals surface area (Å²) in [5.41, 5.74) is -2.01. The molecule has 1 aliphatic heterocycles. The summed E-state index contributed by atoms with van der Waals surface area (Å²) >= 11 is 0. The average Bonchev–Trinajstić information content (AvgIpc) is 2.91. The maximum absolute atomic E-state index is 13.5. The Bertz CT molecular complexity index is 874. The second-order valence-corrected chi connectivity index (χ2v) is 10.8. The second-order valence-electron chi connectivity index (χ2n) is 10.8. The number of hydrogen-bond donors (Lipinski definition) is 1. The lowest BCUT2D eigenvalue weighted by molar-refractivity contribution is -0.267. The van der Waals surface area contributed by atoms with Crippen molar-refractivity contribution in [1.29, 1.82) is 0 Å². The van der Waals surface area contributed by atoms with Gasteiger partial charge in [-0.15, -0.1) is 0 Å². The minimum absolute atomic E-state index is 0.0584. The molecule has 5 fully saturated rings. The molecule has 1 N–H and O–H groups in total. The summed E-state index contributed by atoms with van der Waals surface area (Å²) in [7, 11) is 4.93. The number of methoxy groups -OCH3 is 3. The highest BCUT2D eigenvalue weighted by Crippen LogP contribution is 2.78. The molecule has 6 rings (SSSR count). The van der Waals surface area contributed by atoms with Crippen molar-refractivity contribution in [2.45, 2.75) is 43.6 Å². The summed E-state index contributed by atoms with van der Waals surface area (Å²) in [5, 5.41) is 12.4. The van der Waals surface area contributed by atoms with Gasteiger partial charge in [-0.2, -0.15) is 0 Å². The minimum atomic E-state index is -1.04. The Morgan fingerprint density at radius 3 is 2.61 bits per heavy atom. The third-order valence-electron chi connectivity index (χ3n) is 10.3. The molecule has 0 aromatic rings. The van der Waals surface area contributed by atoms with E-state index in [9.17, 15) is 14.7 Å². The van der Waals surface area contributed by atoms with Gasteiger partial charge in [0.2, 0.25) is 0 Å². The van der Waals surface area contributed by atoms with E-state index in [1.165, 1.54) is 0 Å². The Morgan fingerprint density at radius 2 is 1.97 bits per heavy atom. The zero-order chi connectivity index (χ0) is 21.9. The Hall–Kier alpha value is -1.12. The van der Waals surface area contributed by atoms with Gasteiger partial charge in [-0.05, 0) is 25.0 Å². The molecule has 31 heavy (non-hydrogen) atoms. The van der Waals surface area contributed by atoms with Crippen molar-refractivity contribution in [2.75, 3.05) is 41.0 Å². The van der Waals surface area contributed by atoms with Crippen LogP contribution in [0.25, 0.3) is 0 Å². The van der Waals surface area contributed by atoms with E-state index in [1.54, 1.807) is 27.4 Å². The maximum atomic E-state index is 13.5. The number of carbonyl (C=O) groups excluding carboxylic acids is 2. The zero-order valence-corrected chi connectivity index (χ0v) is 18.7. The highest BCUT2D eigenvalue weighted by molar-refractivity contribution is 5.98. The fourth-order valence-corrected chi connectivity index (χ4v) is 9.55. The van der Waals surface area contributed by atoms with E-state index in [0.717, 1.165) is 13.0 Å². The van der Waals surface area contributed by atoms with E-state index >= 15 is 0 Å². The molecule has 5 aliphatic carbocycles. The minimum Gasteiger partial charge on any atom is -0.389 e. The molecule has 0 unspecified atom stereocenters. The Balaban J connectivity index is 1.60. The zero-order valence-electron chi connectivity index (χ0n) is 18.7. The van der Waals surface area contributed by atoms with Crippen LogP contribution < -0.4 is 0 Å². The van der Waals surface area contributed by atoms with E-state index < -0.39 is 17.1 Å². The van der Waals surface area contributed by atoms with Gasteiger partial charge in [-0.25, -0.2) is 0 Å². The van der Waals surface area contributed by atoms with E-state index in [-0.39, 0.29) is 58.7 Å². The van der Waals surface area contributed by atoms with Crippen molar-refractivity contribution in [1.82, 2.24) is 4.90 Å². The van der Waals surface area contributed by atoms with E-state index in [0.29, 0.717) is 19.6 Å². The van der Waals surface area contributed by atoms with Crippen LogP contribution in [0.1, 0.15) is 19.8 Å². The predicted molar refractivity (Wildman–Crippen MR) is 110 cm³/mol. The number of Topliss-reactive ketones (excluding diaryl/α,β-unsaturated/α-hetero) is 1. The first-order chi connectivity index (χ1) is 14.9. The van der Waals surface area contributed by atoms with Crippen LogP contribution in [-0.4, -0.2) is 86.4 Å². The summed E-state index contributed by atoms with van der Waals surface area (Å²) in [5.74, 6) is -0.0911. The highest BCUT2D eigenvalue weighted by Gasteiger charge is 2.85. The van der Waals surface area contributed by atoms with E-state index in [2.05, 4.69) is 17.9 Å². The Kier molecular flexibility index (Phi) is 4.14. The lowest BCUT2D eigenvalue weighted by atomic mass is 9.36. The monoisotopic (exact) mass is 431 g/mol. The van der Waals surface area contributed by atoms with Crippen LogP contribution in [0.4, 0.5) is 0 Å². The number of nitrogens with zero attached hydrogens (tertiary/aromatic N) is 1. The number of allylic oxidation sites excluding steroid dienone is 1. The number of aliphatic hydroxyl groups is 1. The third-order valence-corrected chi connectivity index (χ3v) is 10.3. The van der Waals surface area contributed by atoms with Crippen molar-refractivity contribution in [3.63, 3.8) is 0 Å². The lowest BCUT2D eigenvalue weighted by Gasteiger charge is -2.71.